The van der Waals surface area contributed by atoms with Gasteiger partial charge < -0.3 is 9.47 Å². The predicted octanol–water partition coefficient (Wildman–Crippen LogP) is 5.46. The topological polar surface area (TPSA) is 18.5 Å². The van der Waals surface area contributed by atoms with Crippen LogP contribution < -0.4 is 0 Å². The molecule has 0 amide bonds. The molecule has 0 aromatic carbocycles. The zero-order valence-corrected chi connectivity index (χ0v) is 15.0. The van der Waals surface area contributed by atoms with Crippen LogP contribution in [0.5, 0.6) is 0 Å². The Morgan fingerprint density at radius 2 is 1.48 bits per heavy atom. The highest BCUT2D eigenvalue weighted by atomic mass is 16.7. The first kappa shape index (κ1) is 20.1. The van der Waals surface area contributed by atoms with Gasteiger partial charge in [0.2, 0.25) is 0 Å². The van der Waals surface area contributed by atoms with Crippen molar-refractivity contribution in [2.75, 3.05) is 13.2 Å². The van der Waals surface area contributed by atoms with Gasteiger partial charge in [-0.25, -0.2) is 0 Å². The van der Waals surface area contributed by atoms with E-state index in [-0.39, 0.29) is 6.29 Å². The van der Waals surface area contributed by atoms with Crippen molar-refractivity contribution in [1.29, 1.82) is 0 Å². The van der Waals surface area contributed by atoms with E-state index in [1.807, 2.05) is 0 Å². The second-order valence-electron chi connectivity index (χ2n) is 6.14. The molecule has 0 bridgehead atoms. The molecule has 1 atom stereocenters. The van der Waals surface area contributed by atoms with Gasteiger partial charge in [-0.1, -0.05) is 26.2 Å². The average Bonchev–Trinajstić information content (AvgIpc) is 2.59. The Morgan fingerprint density at radius 1 is 0.826 bits per heavy atom. The second-order valence-corrected chi connectivity index (χ2v) is 6.14. The first-order valence-electron chi connectivity index (χ1n) is 9.58. The lowest BCUT2D eigenvalue weighted by atomic mass is 10.1. The SMILES string of the molecule is CCCCC#CCCCCCCC#CCCOC1CCCCO1. The van der Waals surface area contributed by atoms with Crippen LogP contribution in [0.1, 0.15) is 90.4 Å². The fourth-order valence-electron chi connectivity index (χ4n) is 2.48. The number of hydrogen-bond donors (Lipinski definition) is 0. The minimum absolute atomic E-state index is 0.0237. The summed E-state index contributed by atoms with van der Waals surface area (Å²) >= 11 is 0. The highest BCUT2D eigenvalue weighted by Crippen LogP contribution is 2.13. The lowest BCUT2D eigenvalue weighted by Crippen LogP contribution is -2.22. The summed E-state index contributed by atoms with van der Waals surface area (Å²) in [5.41, 5.74) is 0. The quantitative estimate of drug-likeness (QED) is 0.393. The largest absolute Gasteiger partial charge is 0.353 e. The maximum absolute atomic E-state index is 5.65. The van der Waals surface area contributed by atoms with Gasteiger partial charge in [0.25, 0.3) is 0 Å². The van der Waals surface area contributed by atoms with Gasteiger partial charge in [-0.3, -0.25) is 0 Å². The van der Waals surface area contributed by atoms with Crippen LogP contribution >= 0.6 is 0 Å². The van der Waals surface area contributed by atoms with Crippen LogP contribution in [0.2, 0.25) is 0 Å². The molecule has 2 heteroatoms. The number of rotatable bonds is 10. The van der Waals surface area contributed by atoms with E-state index in [4.69, 9.17) is 9.47 Å². The molecule has 1 aliphatic heterocycles. The van der Waals surface area contributed by atoms with Gasteiger partial charge in [-0.2, -0.15) is 0 Å². The molecule has 2 nitrogen and oxygen atoms in total. The van der Waals surface area contributed by atoms with Gasteiger partial charge in [0, 0.05) is 32.3 Å². The highest BCUT2D eigenvalue weighted by molar-refractivity contribution is 4.99. The van der Waals surface area contributed by atoms with Crippen LogP contribution in [-0.4, -0.2) is 19.5 Å². The number of unbranched alkanes of at least 4 members (excludes halogenated alkanes) is 7. The number of ether oxygens (including phenoxy) is 2. The molecule has 0 N–H and O–H groups in total. The molecule has 0 aromatic heterocycles. The molecule has 0 saturated carbocycles. The van der Waals surface area contributed by atoms with E-state index in [2.05, 4.69) is 30.6 Å². The normalized spacial score (nSPS) is 17.0. The third-order valence-electron chi connectivity index (χ3n) is 3.93. The standard InChI is InChI=1S/C21H34O2/c1-2-3-4-5-6-7-8-9-10-11-12-13-14-16-19-22-21-18-15-17-20-23-21/h21H,2-4,7-12,15-20H2,1H3. The van der Waals surface area contributed by atoms with Crippen LogP contribution in [0.4, 0.5) is 0 Å². The van der Waals surface area contributed by atoms with E-state index in [1.165, 1.54) is 51.4 Å². The lowest BCUT2D eigenvalue weighted by molar-refractivity contribution is -0.161. The van der Waals surface area contributed by atoms with Crippen molar-refractivity contribution < 1.29 is 9.47 Å². The molecule has 1 fully saturated rings. The van der Waals surface area contributed by atoms with Crippen LogP contribution in [0.3, 0.4) is 0 Å². The molecule has 1 rings (SSSR count). The third-order valence-corrected chi connectivity index (χ3v) is 3.93. The van der Waals surface area contributed by atoms with Crippen molar-refractivity contribution in [3.8, 4) is 23.7 Å². The summed E-state index contributed by atoms with van der Waals surface area (Å²) in [5.74, 6) is 13.0. The Morgan fingerprint density at radius 3 is 2.09 bits per heavy atom. The van der Waals surface area contributed by atoms with Crippen molar-refractivity contribution in [2.45, 2.75) is 96.7 Å². The molecule has 0 aromatic rings. The van der Waals surface area contributed by atoms with Crippen molar-refractivity contribution in [3.63, 3.8) is 0 Å². The van der Waals surface area contributed by atoms with E-state index >= 15 is 0 Å². The Bertz CT molecular complexity index is 374. The Balaban J connectivity index is 1.81. The lowest BCUT2D eigenvalue weighted by Gasteiger charge is -2.22. The van der Waals surface area contributed by atoms with Gasteiger partial charge in [-0.05, 0) is 38.5 Å². The molecule has 1 unspecified atom stereocenters. The van der Waals surface area contributed by atoms with Crippen LogP contribution in [0, 0.1) is 23.7 Å². The van der Waals surface area contributed by atoms with Gasteiger partial charge in [0.05, 0.1) is 6.61 Å². The second kappa shape index (κ2) is 15.9. The van der Waals surface area contributed by atoms with Crippen molar-refractivity contribution in [2.24, 2.45) is 0 Å². The maximum atomic E-state index is 5.65. The molecule has 0 radical (unpaired) electrons. The predicted molar refractivity (Wildman–Crippen MR) is 96.9 cm³/mol. The Labute approximate surface area is 143 Å². The van der Waals surface area contributed by atoms with E-state index in [0.717, 1.165) is 38.7 Å². The summed E-state index contributed by atoms with van der Waals surface area (Å²) in [6.07, 6.45) is 14.9. The molecular weight excluding hydrogens is 284 g/mol. The van der Waals surface area contributed by atoms with Crippen LogP contribution in [-0.2, 0) is 9.47 Å². The summed E-state index contributed by atoms with van der Waals surface area (Å²) in [7, 11) is 0. The maximum Gasteiger partial charge on any atom is 0.157 e. The highest BCUT2D eigenvalue weighted by Gasteiger charge is 2.12. The molecule has 23 heavy (non-hydrogen) atoms. The number of hydrogen-bond acceptors (Lipinski definition) is 2. The minimum atomic E-state index is 0.0237. The molecule has 1 saturated heterocycles. The van der Waals surface area contributed by atoms with Crippen LogP contribution in [0.15, 0.2) is 0 Å². The fraction of sp³-hybridized carbons (Fsp3) is 0.810. The van der Waals surface area contributed by atoms with Gasteiger partial charge in [0.1, 0.15) is 0 Å². The Kier molecular flexibility index (Phi) is 13.9. The summed E-state index contributed by atoms with van der Waals surface area (Å²) in [6, 6.07) is 0. The molecule has 0 aliphatic carbocycles. The summed E-state index contributed by atoms with van der Waals surface area (Å²) in [6.45, 7) is 3.76. The molecule has 1 heterocycles. The molecular formula is C21H34O2. The van der Waals surface area contributed by atoms with Crippen molar-refractivity contribution in [1.82, 2.24) is 0 Å². The monoisotopic (exact) mass is 318 g/mol. The van der Waals surface area contributed by atoms with Crippen molar-refractivity contribution in [3.05, 3.63) is 0 Å². The zero-order chi connectivity index (χ0) is 16.4. The summed E-state index contributed by atoms with van der Waals surface area (Å²) in [4.78, 5) is 0. The third kappa shape index (κ3) is 13.2. The van der Waals surface area contributed by atoms with Gasteiger partial charge in [-0.15, -0.1) is 23.7 Å². The van der Waals surface area contributed by atoms with Gasteiger partial charge in [0.15, 0.2) is 6.29 Å². The van der Waals surface area contributed by atoms with E-state index in [1.54, 1.807) is 0 Å². The van der Waals surface area contributed by atoms with E-state index < -0.39 is 0 Å². The van der Waals surface area contributed by atoms with Crippen molar-refractivity contribution >= 4 is 0 Å². The first-order valence-corrected chi connectivity index (χ1v) is 9.58. The summed E-state index contributed by atoms with van der Waals surface area (Å²) < 4.78 is 11.2. The first-order chi connectivity index (χ1) is 11.4. The van der Waals surface area contributed by atoms with E-state index in [9.17, 15) is 0 Å². The smallest absolute Gasteiger partial charge is 0.157 e. The molecule has 1 aliphatic rings. The molecule has 130 valence electrons. The fourth-order valence-corrected chi connectivity index (χ4v) is 2.48. The Hall–Kier alpha value is -0.960. The van der Waals surface area contributed by atoms with E-state index in [0.29, 0.717) is 6.61 Å². The average molecular weight is 319 g/mol. The van der Waals surface area contributed by atoms with Gasteiger partial charge >= 0.3 is 0 Å². The molecule has 0 spiro atoms. The minimum Gasteiger partial charge on any atom is -0.353 e. The summed E-state index contributed by atoms with van der Waals surface area (Å²) in [5, 5.41) is 0. The van der Waals surface area contributed by atoms with Crippen LogP contribution in [0.25, 0.3) is 0 Å². The zero-order valence-electron chi connectivity index (χ0n) is 15.0.